The average Bonchev–Trinajstić information content (AvgIpc) is 3.41. The van der Waals surface area contributed by atoms with Crippen molar-refractivity contribution in [2.75, 3.05) is 0 Å². The summed E-state index contributed by atoms with van der Waals surface area (Å²) in [6.45, 7) is 0.0528. The van der Waals surface area contributed by atoms with Crippen molar-refractivity contribution in [2.45, 2.75) is 37.7 Å². The number of nitrogens with zero attached hydrogens (tertiary/aromatic N) is 1. The molecular formula is C28H23Cl2F3N4O4. The molecule has 13 heteroatoms. The number of benzene rings is 2. The van der Waals surface area contributed by atoms with E-state index in [0.29, 0.717) is 22.3 Å². The minimum atomic E-state index is -5.32. The lowest BCUT2D eigenvalue weighted by Gasteiger charge is -2.23. The number of ether oxygens (including phenoxy) is 1. The Morgan fingerprint density at radius 2 is 1.66 bits per heavy atom. The van der Waals surface area contributed by atoms with Crippen LogP contribution in [0.4, 0.5) is 13.2 Å². The van der Waals surface area contributed by atoms with Crippen molar-refractivity contribution >= 4 is 52.0 Å². The van der Waals surface area contributed by atoms with E-state index in [-0.39, 0.29) is 29.4 Å². The number of rotatable bonds is 10. The summed E-state index contributed by atoms with van der Waals surface area (Å²) in [7, 11) is 0. The van der Waals surface area contributed by atoms with E-state index in [0.717, 1.165) is 5.39 Å². The van der Waals surface area contributed by atoms with E-state index in [4.69, 9.17) is 23.2 Å². The van der Waals surface area contributed by atoms with Gasteiger partial charge in [-0.3, -0.25) is 9.59 Å². The molecule has 2 aromatic heterocycles. The summed E-state index contributed by atoms with van der Waals surface area (Å²) in [5.41, 5.74) is 2.30. The highest BCUT2D eigenvalue weighted by Gasteiger charge is 2.43. The van der Waals surface area contributed by atoms with Crippen LogP contribution in [0.25, 0.3) is 11.0 Å². The number of carbonyl (C=O) groups is 3. The molecule has 0 aliphatic rings. The Hall–Kier alpha value is -4.09. The summed E-state index contributed by atoms with van der Waals surface area (Å²) < 4.78 is 43.5. The lowest BCUT2D eigenvalue weighted by molar-refractivity contribution is -0.205. The van der Waals surface area contributed by atoms with E-state index < -0.39 is 36.1 Å². The Morgan fingerprint density at radius 3 is 2.37 bits per heavy atom. The topological polar surface area (TPSA) is 113 Å². The van der Waals surface area contributed by atoms with Gasteiger partial charge < -0.3 is 20.4 Å². The maximum absolute atomic E-state index is 13.3. The number of amides is 2. The molecule has 3 N–H and O–H groups in total. The number of carbonyl (C=O) groups excluding carboxylic acids is 3. The molecule has 2 amide bonds. The molecule has 0 fully saturated rings. The summed E-state index contributed by atoms with van der Waals surface area (Å²) in [5, 5.41) is 6.47. The molecule has 2 atom stereocenters. The fraction of sp³-hybridized carbons (Fsp3) is 0.214. The van der Waals surface area contributed by atoms with Crippen LogP contribution < -0.4 is 10.6 Å². The molecule has 0 radical (unpaired) electrons. The van der Waals surface area contributed by atoms with E-state index in [1.165, 1.54) is 12.1 Å². The predicted octanol–water partition coefficient (Wildman–Crippen LogP) is 4.93. The number of fused-ring (bicyclic) bond motifs is 1. The number of H-pyrrole nitrogens is 1. The first-order chi connectivity index (χ1) is 19.5. The second-order valence-electron chi connectivity index (χ2n) is 9.07. The van der Waals surface area contributed by atoms with E-state index in [9.17, 15) is 27.6 Å². The van der Waals surface area contributed by atoms with Crippen LogP contribution in [0.1, 0.15) is 16.7 Å². The molecular weight excluding hydrogens is 584 g/mol. The number of hydrogen-bond donors (Lipinski definition) is 3. The molecule has 0 aliphatic heterocycles. The highest BCUT2D eigenvalue weighted by Crippen LogP contribution is 2.24. The quantitative estimate of drug-likeness (QED) is 0.222. The van der Waals surface area contributed by atoms with Gasteiger partial charge in [-0.1, -0.05) is 59.6 Å². The molecule has 0 saturated heterocycles. The van der Waals surface area contributed by atoms with Crippen LogP contribution in [0, 0.1) is 0 Å². The van der Waals surface area contributed by atoms with Gasteiger partial charge in [0.15, 0.2) is 6.10 Å². The zero-order chi connectivity index (χ0) is 29.6. The first-order valence-electron chi connectivity index (χ1n) is 12.3. The zero-order valence-electron chi connectivity index (χ0n) is 21.2. The van der Waals surface area contributed by atoms with E-state index in [1.807, 2.05) is 12.1 Å². The van der Waals surface area contributed by atoms with Crippen LogP contribution in [0.2, 0.25) is 10.0 Å². The van der Waals surface area contributed by atoms with Crippen molar-refractivity contribution in [3.05, 3.63) is 99.8 Å². The number of hydrogen-bond acceptors (Lipinski definition) is 5. The Morgan fingerprint density at radius 1 is 0.902 bits per heavy atom. The lowest BCUT2D eigenvalue weighted by atomic mass is 10.0. The van der Waals surface area contributed by atoms with Crippen molar-refractivity contribution in [2.24, 2.45) is 0 Å². The smallest absolute Gasteiger partial charge is 0.445 e. The number of pyridine rings is 1. The summed E-state index contributed by atoms with van der Waals surface area (Å²) >= 11 is 12.1. The minimum Gasteiger partial charge on any atom is -0.445 e. The van der Waals surface area contributed by atoms with E-state index >= 15 is 0 Å². The normalized spacial score (nSPS) is 12.9. The standard InChI is InChI=1S/C28H23Cl2F3N4O4/c29-20-7-6-17(11-21(20)30)12-22(25(38)36-15-18-10-19-8-9-34-24(19)35-14-18)37-26(39)23(41-27(40)28(31,32)33)13-16-4-2-1-3-5-16/h1-11,14,22-23H,12-13,15H2,(H,34,35)(H,36,38)(H,37,39)/t22-,23+/m0/s1. The van der Waals surface area contributed by atoms with Crippen molar-refractivity contribution in [3.63, 3.8) is 0 Å². The van der Waals surface area contributed by atoms with Crippen molar-refractivity contribution in [3.8, 4) is 0 Å². The molecule has 8 nitrogen and oxygen atoms in total. The number of aromatic amines is 1. The fourth-order valence-corrected chi connectivity index (χ4v) is 4.30. The number of halogens is 5. The van der Waals surface area contributed by atoms with Gasteiger partial charge in [0, 0.05) is 37.2 Å². The molecule has 4 rings (SSSR count). The monoisotopic (exact) mass is 606 g/mol. The maximum Gasteiger partial charge on any atom is 0.490 e. The molecule has 2 aromatic carbocycles. The second kappa shape index (κ2) is 13.0. The molecule has 214 valence electrons. The number of esters is 1. The SMILES string of the molecule is O=C(NCc1cnc2[nH]ccc2c1)[C@H](Cc1ccc(Cl)c(Cl)c1)NC(=O)[C@@H](Cc1ccccc1)OC(=O)C(F)(F)F. The third-order valence-corrected chi connectivity index (χ3v) is 6.76. The maximum atomic E-state index is 13.3. The van der Waals surface area contributed by atoms with Gasteiger partial charge in [0.05, 0.1) is 10.0 Å². The third kappa shape index (κ3) is 8.21. The molecule has 0 saturated carbocycles. The van der Waals surface area contributed by atoms with Gasteiger partial charge in [0.2, 0.25) is 5.91 Å². The molecule has 0 spiro atoms. The fourth-order valence-electron chi connectivity index (χ4n) is 3.98. The Balaban J connectivity index is 1.55. The highest BCUT2D eigenvalue weighted by atomic mass is 35.5. The Bertz CT molecular complexity index is 1550. The van der Waals surface area contributed by atoms with Gasteiger partial charge in [-0.05, 0) is 41.0 Å². The van der Waals surface area contributed by atoms with Crippen molar-refractivity contribution < 1.29 is 32.3 Å². The predicted molar refractivity (Wildman–Crippen MR) is 146 cm³/mol. The van der Waals surface area contributed by atoms with Gasteiger partial charge >= 0.3 is 12.1 Å². The van der Waals surface area contributed by atoms with Gasteiger partial charge in [-0.25, -0.2) is 9.78 Å². The molecule has 41 heavy (non-hydrogen) atoms. The van der Waals surface area contributed by atoms with Crippen molar-refractivity contribution in [1.29, 1.82) is 0 Å². The third-order valence-electron chi connectivity index (χ3n) is 6.02. The minimum absolute atomic E-state index is 0.0528. The molecule has 0 aliphatic carbocycles. The number of nitrogens with one attached hydrogen (secondary N) is 3. The summed E-state index contributed by atoms with van der Waals surface area (Å²) in [6.07, 6.45) is -4.33. The molecule has 2 heterocycles. The molecule has 0 unspecified atom stereocenters. The largest absolute Gasteiger partial charge is 0.490 e. The van der Waals surface area contributed by atoms with Gasteiger partial charge in [-0.15, -0.1) is 0 Å². The highest BCUT2D eigenvalue weighted by molar-refractivity contribution is 6.42. The summed E-state index contributed by atoms with van der Waals surface area (Å²) in [6, 6.07) is 15.0. The van der Waals surface area contributed by atoms with E-state index in [2.05, 4.69) is 25.3 Å². The average molecular weight is 607 g/mol. The lowest BCUT2D eigenvalue weighted by Crippen LogP contribution is -2.52. The Kier molecular flexibility index (Phi) is 9.51. The number of alkyl halides is 3. The van der Waals surface area contributed by atoms with Crippen molar-refractivity contribution in [1.82, 2.24) is 20.6 Å². The van der Waals surface area contributed by atoms with Crippen LogP contribution in [0.3, 0.4) is 0 Å². The first-order valence-corrected chi connectivity index (χ1v) is 13.0. The summed E-state index contributed by atoms with van der Waals surface area (Å²) in [4.78, 5) is 45.4. The molecule has 0 bridgehead atoms. The van der Waals surface area contributed by atoms with Crippen LogP contribution in [-0.4, -0.2) is 46.1 Å². The van der Waals surface area contributed by atoms with Gasteiger partial charge in [0.1, 0.15) is 11.7 Å². The van der Waals surface area contributed by atoms with Crippen LogP contribution in [0.5, 0.6) is 0 Å². The van der Waals surface area contributed by atoms with Crippen LogP contribution in [0.15, 0.2) is 73.1 Å². The second-order valence-corrected chi connectivity index (χ2v) is 9.89. The number of aromatic nitrogens is 2. The van der Waals surface area contributed by atoms with Crippen LogP contribution in [-0.2, 0) is 38.5 Å². The van der Waals surface area contributed by atoms with E-state index in [1.54, 1.807) is 48.8 Å². The zero-order valence-corrected chi connectivity index (χ0v) is 22.7. The first kappa shape index (κ1) is 29.9. The molecule has 4 aromatic rings. The van der Waals surface area contributed by atoms with Crippen LogP contribution >= 0.6 is 23.2 Å². The summed E-state index contributed by atoms with van der Waals surface area (Å²) in [5.74, 6) is -4.24. The van der Waals surface area contributed by atoms with Gasteiger partial charge in [0.25, 0.3) is 5.91 Å². The Labute approximate surface area is 242 Å². The van der Waals surface area contributed by atoms with Gasteiger partial charge in [-0.2, -0.15) is 13.2 Å².